The fourth-order valence-electron chi connectivity index (χ4n) is 5.42. The van der Waals surface area contributed by atoms with Crippen LogP contribution in [0.5, 0.6) is 0 Å². The predicted octanol–water partition coefficient (Wildman–Crippen LogP) is 5.75. The highest BCUT2D eigenvalue weighted by Gasteiger charge is 2.24. The second-order valence-electron chi connectivity index (χ2n) is 10.0. The molecule has 192 valence electrons. The number of aromatic amines is 1. The lowest BCUT2D eigenvalue weighted by molar-refractivity contribution is -0.129. The maximum atomic E-state index is 13.8. The van der Waals surface area contributed by atoms with Crippen LogP contribution < -0.4 is 5.56 Å². The van der Waals surface area contributed by atoms with E-state index in [1.165, 1.54) is 17.3 Å². The molecule has 0 aliphatic carbocycles. The number of nitrogens with zero attached hydrogens (tertiary/aromatic N) is 3. The molecule has 1 amide bonds. The summed E-state index contributed by atoms with van der Waals surface area (Å²) < 4.78 is 1.65. The van der Waals surface area contributed by atoms with Gasteiger partial charge in [-0.05, 0) is 55.4 Å². The van der Waals surface area contributed by atoms with Crippen LogP contribution in [0.15, 0.2) is 88.8 Å². The van der Waals surface area contributed by atoms with Crippen LogP contribution in [0.4, 0.5) is 0 Å². The molecule has 0 bridgehead atoms. The van der Waals surface area contributed by atoms with Crippen molar-refractivity contribution in [3.05, 3.63) is 100 Å². The SMILES string of the molecule is Cc1ccccc1-n1c(SCC(=O)N2CCC(Cc3ccccc3)CC2)nc2c([nH]c3ccccc32)c1=O. The lowest BCUT2D eigenvalue weighted by Gasteiger charge is -2.32. The van der Waals surface area contributed by atoms with Crippen molar-refractivity contribution in [1.82, 2.24) is 19.4 Å². The van der Waals surface area contributed by atoms with E-state index in [-0.39, 0.29) is 17.2 Å². The lowest BCUT2D eigenvalue weighted by Crippen LogP contribution is -2.40. The number of rotatable bonds is 6. The summed E-state index contributed by atoms with van der Waals surface area (Å²) >= 11 is 1.34. The molecule has 5 aromatic rings. The average Bonchev–Trinajstić information content (AvgIpc) is 3.32. The van der Waals surface area contributed by atoms with Gasteiger partial charge in [0.25, 0.3) is 5.56 Å². The number of carbonyl (C=O) groups excluding carboxylic acids is 1. The summed E-state index contributed by atoms with van der Waals surface area (Å²) in [6, 6.07) is 26.2. The van der Waals surface area contributed by atoms with Crippen molar-refractivity contribution in [3.8, 4) is 5.69 Å². The van der Waals surface area contributed by atoms with Gasteiger partial charge in [-0.1, -0.05) is 78.5 Å². The molecule has 0 saturated carbocycles. The summed E-state index contributed by atoms with van der Waals surface area (Å²) in [4.78, 5) is 37.2. The van der Waals surface area contributed by atoms with Crippen LogP contribution >= 0.6 is 11.8 Å². The second kappa shape index (κ2) is 10.5. The molecule has 2 aromatic heterocycles. The van der Waals surface area contributed by atoms with Crippen LogP contribution in [0.25, 0.3) is 27.6 Å². The maximum absolute atomic E-state index is 13.8. The van der Waals surface area contributed by atoms with Gasteiger partial charge in [0, 0.05) is 24.0 Å². The number of thioether (sulfide) groups is 1. The number of fused-ring (bicyclic) bond motifs is 3. The molecule has 6 rings (SSSR count). The summed E-state index contributed by atoms with van der Waals surface area (Å²) in [5, 5.41) is 1.44. The van der Waals surface area contributed by atoms with Gasteiger partial charge >= 0.3 is 0 Å². The van der Waals surface area contributed by atoms with E-state index in [0.29, 0.717) is 22.1 Å². The Bertz CT molecular complexity index is 1670. The number of hydrogen-bond donors (Lipinski definition) is 1. The Balaban J connectivity index is 1.24. The third-order valence-corrected chi connectivity index (χ3v) is 8.43. The van der Waals surface area contributed by atoms with Gasteiger partial charge in [0.15, 0.2) is 5.16 Å². The Morgan fingerprint density at radius 2 is 1.68 bits per heavy atom. The maximum Gasteiger partial charge on any atom is 0.283 e. The molecular formula is C31H30N4O2S. The first-order valence-electron chi connectivity index (χ1n) is 13.1. The predicted molar refractivity (Wildman–Crippen MR) is 154 cm³/mol. The van der Waals surface area contributed by atoms with Crippen molar-refractivity contribution in [2.24, 2.45) is 5.92 Å². The van der Waals surface area contributed by atoms with Gasteiger partial charge in [0.05, 0.1) is 11.4 Å². The van der Waals surface area contributed by atoms with Gasteiger partial charge < -0.3 is 9.88 Å². The molecule has 1 saturated heterocycles. The van der Waals surface area contributed by atoms with Gasteiger partial charge in [-0.25, -0.2) is 4.98 Å². The van der Waals surface area contributed by atoms with Crippen LogP contribution in [-0.2, 0) is 11.2 Å². The van der Waals surface area contributed by atoms with Crippen LogP contribution in [-0.4, -0.2) is 44.2 Å². The summed E-state index contributed by atoms with van der Waals surface area (Å²) in [6.45, 7) is 3.53. The highest BCUT2D eigenvalue weighted by Crippen LogP contribution is 2.28. The first-order valence-corrected chi connectivity index (χ1v) is 14.1. The van der Waals surface area contributed by atoms with E-state index in [1.807, 2.05) is 66.4 Å². The molecule has 1 aliphatic heterocycles. The zero-order chi connectivity index (χ0) is 26.1. The summed E-state index contributed by atoms with van der Waals surface area (Å²) in [6.07, 6.45) is 3.09. The van der Waals surface area contributed by atoms with E-state index in [0.717, 1.165) is 54.5 Å². The van der Waals surface area contributed by atoms with Crippen LogP contribution in [0.2, 0.25) is 0 Å². The number of aromatic nitrogens is 3. The minimum absolute atomic E-state index is 0.0952. The molecule has 1 fully saturated rings. The van der Waals surface area contributed by atoms with Crippen molar-refractivity contribution in [2.75, 3.05) is 18.8 Å². The van der Waals surface area contributed by atoms with E-state index in [2.05, 4.69) is 29.2 Å². The average molecular weight is 523 g/mol. The molecule has 6 nitrogen and oxygen atoms in total. The van der Waals surface area contributed by atoms with E-state index in [1.54, 1.807) is 4.57 Å². The molecule has 7 heteroatoms. The Labute approximate surface area is 225 Å². The van der Waals surface area contributed by atoms with Crippen LogP contribution in [0.1, 0.15) is 24.0 Å². The molecular weight excluding hydrogens is 492 g/mol. The molecule has 3 aromatic carbocycles. The fourth-order valence-corrected chi connectivity index (χ4v) is 6.32. The Morgan fingerprint density at radius 1 is 0.974 bits per heavy atom. The minimum atomic E-state index is -0.155. The standard InChI is InChI=1S/C31H30N4O2S/c1-21-9-5-8-14-26(21)35-30(37)29-28(24-12-6-7-13-25(24)32-29)33-31(35)38-20-27(36)34-17-15-23(16-18-34)19-22-10-3-2-4-11-22/h2-14,23,32H,15-20H2,1H3. The number of aryl methyl sites for hydroxylation is 1. The smallest absolute Gasteiger partial charge is 0.283 e. The normalized spacial score (nSPS) is 14.4. The molecule has 0 unspecified atom stereocenters. The quantitative estimate of drug-likeness (QED) is 0.228. The Hall–Kier alpha value is -3.84. The first kappa shape index (κ1) is 24.5. The van der Waals surface area contributed by atoms with Gasteiger partial charge in [0.1, 0.15) is 11.0 Å². The van der Waals surface area contributed by atoms with E-state index in [9.17, 15) is 9.59 Å². The van der Waals surface area contributed by atoms with Crippen LogP contribution in [0.3, 0.4) is 0 Å². The third-order valence-electron chi connectivity index (χ3n) is 7.51. The van der Waals surface area contributed by atoms with Crippen molar-refractivity contribution in [2.45, 2.75) is 31.3 Å². The third kappa shape index (κ3) is 4.74. The van der Waals surface area contributed by atoms with Crippen LogP contribution in [0, 0.1) is 12.8 Å². The first-order chi connectivity index (χ1) is 18.6. The number of para-hydroxylation sites is 2. The van der Waals surface area contributed by atoms with E-state index in [4.69, 9.17) is 4.98 Å². The monoisotopic (exact) mass is 522 g/mol. The topological polar surface area (TPSA) is 71.0 Å². The minimum Gasteiger partial charge on any atom is -0.349 e. The molecule has 1 N–H and O–H groups in total. The number of carbonyl (C=O) groups is 1. The number of H-pyrrole nitrogens is 1. The number of nitrogens with one attached hydrogen (secondary N) is 1. The largest absolute Gasteiger partial charge is 0.349 e. The van der Waals surface area contributed by atoms with Crippen molar-refractivity contribution in [3.63, 3.8) is 0 Å². The van der Waals surface area contributed by atoms with Crippen molar-refractivity contribution >= 4 is 39.6 Å². The molecule has 1 aliphatic rings. The number of amides is 1. The second-order valence-corrected chi connectivity index (χ2v) is 11.0. The van der Waals surface area contributed by atoms with Gasteiger partial charge in [-0.3, -0.25) is 14.2 Å². The lowest BCUT2D eigenvalue weighted by atomic mass is 9.90. The zero-order valence-corrected chi connectivity index (χ0v) is 22.2. The number of piperidine rings is 1. The molecule has 3 heterocycles. The molecule has 0 radical (unpaired) electrons. The number of benzene rings is 3. The highest BCUT2D eigenvalue weighted by atomic mass is 32.2. The highest BCUT2D eigenvalue weighted by molar-refractivity contribution is 7.99. The summed E-state index contributed by atoms with van der Waals surface area (Å²) in [7, 11) is 0. The van der Waals surface area contributed by atoms with Gasteiger partial charge in [0.2, 0.25) is 5.91 Å². The number of likely N-dealkylation sites (tertiary alicyclic amines) is 1. The fraction of sp³-hybridized carbons (Fsp3) is 0.258. The van der Waals surface area contributed by atoms with E-state index >= 15 is 0 Å². The zero-order valence-electron chi connectivity index (χ0n) is 21.4. The Kier molecular flexibility index (Phi) is 6.77. The van der Waals surface area contributed by atoms with Crippen molar-refractivity contribution in [1.29, 1.82) is 0 Å². The van der Waals surface area contributed by atoms with Crippen molar-refractivity contribution < 1.29 is 4.79 Å². The number of hydrogen-bond acceptors (Lipinski definition) is 4. The summed E-state index contributed by atoms with van der Waals surface area (Å²) in [5.41, 5.74) is 4.96. The van der Waals surface area contributed by atoms with Gasteiger partial charge in [-0.15, -0.1) is 0 Å². The Morgan fingerprint density at radius 3 is 2.47 bits per heavy atom. The van der Waals surface area contributed by atoms with E-state index < -0.39 is 0 Å². The molecule has 0 spiro atoms. The molecule has 38 heavy (non-hydrogen) atoms. The molecule has 0 atom stereocenters. The summed E-state index contributed by atoms with van der Waals surface area (Å²) in [5.74, 6) is 0.944. The van der Waals surface area contributed by atoms with Gasteiger partial charge in [-0.2, -0.15) is 0 Å².